The number of nitrogens with zero attached hydrogens (tertiary/aromatic N) is 1. The summed E-state index contributed by atoms with van der Waals surface area (Å²) >= 11 is 0. The lowest BCUT2D eigenvalue weighted by Crippen LogP contribution is -2.37. The largest absolute Gasteiger partial charge is 0.747 e. The van der Waals surface area contributed by atoms with Gasteiger partial charge in [0.15, 0.2) is 11.9 Å². The van der Waals surface area contributed by atoms with Crippen molar-refractivity contribution < 1.29 is 28.6 Å². The van der Waals surface area contributed by atoms with Crippen LogP contribution < -0.4 is 11.2 Å². The van der Waals surface area contributed by atoms with E-state index in [-0.39, 0.29) is 11.5 Å². The van der Waals surface area contributed by atoms with Crippen LogP contribution in [0.2, 0.25) is 0 Å². The Balaban J connectivity index is 1.72. The molecule has 36 heavy (non-hydrogen) atoms. The van der Waals surface area contributed by atoms with Crippen LogP contribution in [0.3, 0.4) is 0 Å². The predicted molar refractivity (Wildman–Crippen MR) is 137 cm³/mol. The zero-order valence-corrected chi connectivity index (χ0v) is 22.3. The molecule has 0 bridgehead atoms. The first kappa shape index (κ1) is 30.2. The summed E-state index contributed by atoms with van der Waals surface area (Å²) in [5.41, 5.74) is -1.30. The Hall–Kier alpha value is -2.00. The van der Waals surface area contributed by atoms with E-state index < -0.39 is 38.4 Å². The Morgan fingerprint density at radius 3 is 2.03 bits per heavy atom. The van der Waals surface area contributed by atoms with E-state index >= 15 is 0 Å². The smallest absolute Gasteiger partial charge is 0.465 e. The van der Waals surface area contributed by atoms with Crippen LogP contribution in [0.25, 0.3) is 0 Å². The summed E-state index contributed by atoms with van der Waals surface area (Å²) in [5, 5.41) is 9.61. The van der Waals surface area contributed by atoms with Gasteiger partial charge >= 0.3 is 13.9 Å². The fourth-order valence-electron chi connectivity index (χ4n) is 4.35. The molecule has 0 spiro atoms. The Morgan fingerprint density at radius 1 is 0.972 bits per heavy atom. The Bertz CT molecular complexity index is 929. The van der Waals surface area contributed by atoms with Gasteiger partial charge in [0, 0.05) is 23.4 Å². The number of hydrogen-bond donors (Lipinski definition) is 3. The molecule has 0 radical (unpaired) electrons. The van der Waals surface area contributed by atoms with Crippen LogP contribution in [0.5, 0.6) is 0 Å². The molecule has 204 valence electrons. The monoisotopic (exact) mass is 529 g/mol. The number of rotatable bonds is 20. The molecule has 0 aliphatic carbocycles. The van der Waals surface area contributed by atoms with Crippen molar-refractivity contribution >= 4 is 8.25 Å². The summed E-state index contributed by atoms with van der Waals surface area (Å²) in [6.07, 6.45) is 16.4. The quantitative estimate of drug-likeness (QED) is 0.162. The second-order valence-corrected chi connectivity index (χ2v) is 9.85. The van der Waals surface area contributed by atoms with Crippen molar-refractivity contribution in [3.63, 3.8) is 0 Å². The molecule has 0 saturated carbocycles. The molecular formula is C25H42N2O8P+. The highest BCUT2D eigenvalue weighted by Gasteiger charge is 2.45. The van der Waals surface area contributed by atoms with E-state index in [1.54, 1.807) is 0 Å². The lowest BCUT2D eigenvalue weighted by molar-refractivity contribution is -0.0556. The van der Waals surface area contributed by atoms with Crippen molar-refractivity contribution in [2.24, 2.45) is 0 Å². The Morgan fingerprint density at radius 2 is 1.53 bits per heavy atom. The molecule has 3 atom stereocenters. The first-order valence-electron chi connectivity index (χ1n) is 13.3. The predicted octanol–water partition coefficient (Wildman–Crippen LogP) is 4.80. The van der Waals surface area contributed by atoms with E-state index in [0.29, 0.717) is 6.61 Å². The Kier molecular flexibility index (Phi) is 14.7. The number of aromatic nitrogens is 2. The normalized spacial score (nSPS) is 17.9. The van der Waals surface area contributed by atoms with Crippen LogP contribution in [-0.2, 0) is 18.6 Å². The summed E-state index contributed by atoms with van der Waals surface area (Å²) in [4.78, 5) is 35.0. The number of aromatic amines is 1. The maximum absolute atomic E-state index is 12.3. The van der Waals surface area contributed by atoms with Crippen LogP contribution in [-0.4, -0.2) is 38.9 Å². The third-order valence-corrected chi connectivity index (χ3v) is 6.65. The van der Waals surface area contributed by atoms with Gasteiger partial charge in [-0.3, -0.25) is 14.3 Å². The standard InChI is InChI=1S/C25H41N2O8P/c1-2-3-4-5-6-7-8-9-10-11-12-13-14-15-18-33-23-22(35-36(31)32)20(19-28)34-24(23)27-17-16-21(29)26-25(27)30/h16-17,23-24,28H,2-15,18-19H2,1H3,(H-,26,29,30,31,32)/p+1. The van der Waals surface area contributed by atoms with Crippen molar-refractivity contribution in [3.05, 3.63) is 44.6 Å². The van der Waals surface area contributed by atoms with Gasteiger partial charge in [0.05, 0.1) is 0 Å². The highest BCUT2D eigenvalue weighted by atomic mass is 31.1. The van der Waals surface area contributed by atoms with Gasteiger partial charge in [-0.2, -0.15) is 0 Å². The lowest BCUT2D eigenvalue weighted by atomic mass is 10.0. The van der Waals surface area contributed by atoms with Gasteiger partial charge in [-0.1, -0.05) is 90.4 Å². The molecule has 0 aromatic carbocycles. The van der Waals surface area contributed by atoms with Gasteiger partial charge in [-0.25, -0.2) is 9.32 Å². The number of ether oxygens (including phenoxy) is 2. The highest BCUT2D eigenvalue weighted by Crippen LogP contribution is 2.39. The number of aliphatic hydroxyl groups is 1. The average Bonchev–Trinajstić information content (AvgIpc) is 3.17. The van der Waals surface area contributed by atoms with Gasteiger partial charge < -0.3 is 14.6 Å². The number of H-pyrrole nitrogens is 1. The van der Waals surface area contributed by atoms with Crippen LogP contribution >= 0.6 is 8.25 Å². The number of nitrogens with one attached hydrogen (secondary N) is 1. The molecule has 1 aromatic rings. The van der Waals surface area contributed by atoms with Gasteiger partial charge in [0.1, 0.15) is 6.61 Å². The second-order valence-electron chi connectivity index (χ2n) is 9.19. The average molecular weight is 530 g/mol. The van der Waals surface area contributed by atoms with Crippen molar-refractivity contribution in [2.75, 3.05) is 13.2 Å². The molecule has 0 fully saturated rings. The van der Waals surface area contributed by atoms with Crippen molar-refractivity contribution in [3.8, 4) is 0 Å². The van der Waals surface area contributed by atoms with E-state index in [0.717, 1.165) is 29.9 Å². The minimum Gasteiger partial charge on any atom is -0.465 e. The van der Waals surface area contributed by atoms with Crippen LogP contribution in [0.1, 0.15) is 103 Å². The maximum atomic E-state index is 12.3. The fraction of sp³-hybridized carbons (Fsp3) is 0.760. The van der Waals surface area contributed by atoms with E-state index in [9.17, 15) is 24.2 Å². The Labute approximate surface area is 213 Å². The van der Waals surface area contributed by atoms with Gasteiger partial charge in [0.2, 0.25) is 12.0 Å². The highest BCUT2D eigenvalue weighted by molar-refractivity contribution is 7.32. The third-order valence-electron chi connectivity index (χ3n) is 6.30. The molecule has 0 saturated heterocycles. The van der Waals surface area contributed by atoms with Crippen LogP contribution in [0, 0.1) is 0 Å². The van der Waals surface area contributed by atoms with Crippen LogP contribution in [0.4, 0.5) is 0 Å². The molecule has 11 heteroatoms. The van der Waals surface area contributed by atoms with E-state index in [1.165, 1.54) is 76.8 Å². The molecule has 1 aromatic heterocycles. The third kappa shape index (κ3) is 10.5. The van der Waals surface area contributed by atoms with E-state index in [4.69, 9.17) is 14.0 Å². The first-order chi connectivity index (χ1) is 17.5. The van der Waals surface area contributed by atoms with Crippen molar-refractivity contribution in [1.82, 2.24) is 9.55 Å². The summed E-state index contributed by atoms with van der Waals surface area (Å²) in [7, 11) is -3.03. The van der Waals surface area contributed by atoms with Gasteiger partial charge in [-0.05, 0) is 6.42 Å². The number of hydrogen-bond acceptors (Lipinski definition) is 7. The molecule has 2 rings (SSSR count). The summed E-state index contributed by atoms with van der Waals surface area (Å²) in [6, 6.07) is 1.15. The fourth-order valence-corrected chi connectivity index (χ4v) is 4.73. The minimum absolute atomic E-state index is 0.0959. The zero-order chi connectivity index (χ0) is 26.2. The number of unbranched alkanes of at least 4 members (excludes halogenated alkanes) is 13. The molecule has 0 amide bonds. The van der Waals surface area contributed by atoms with E-state index in [1.807, 2.05) is 0 Å². The molecule has 3 N–H and O–H groups in total. The molecular weight excluding hydrogens is 487 g/mol. The molecule has 1 aliphatic rings. The number of aliphatic hydroxyl groups excluding tert-OH is 1. The summed E-state index contributed by atoms with van der Waals surface area (Å²) in [5.74, 6) is -0.226. The topological polar surface area (TPSA) is 140 Å². The molecule has 1 aliphatic heterocycles. The van der Waals surface area contributed by atoms with E-state index in [2.05, 4.69) is 11.9 Å². The van der Waals surface area contributed by atoms with Gasteiger partial charge in [-0.15, -0.1) is 4.89 Å². The molecule has 10 nitrogen and oxygen atoms in total. The lowest BCUT2D eigenvalue weighted by Gasteiger charge is -2.21. The summed E-state index contributed by atoms with van der Waals surface area (Å²) < 4.78 is 28.9. The molecule has 2 heterocycles. The second kappa shape index (κ2) is 17.5. The SMILES string of the molecule is CCCCCCCCCCCCCCCCOC1C(O[P+](=O)O)=C(CO)OC1n1ccc(=O)[nH]c1=O. The first-order valence-corrected chi connectivity index (χ1v) is 14.4. The maximum Gasteiger partial charge on any atom is 0.747 e. The van der Waals surface area contributed by atoms with Crippen molar-refractivity contribution in [1.29, 1.82) is 0 Å². The van der Waals surface area contributed by atoms with Crippen molar-refractivity contribution in [2.45, 2.75) is 109 Å². The zero-order valence-electron chi connectivity index (χ0n) is 21.4. The van der Waals surface area contributed by atoms with Gasteiger partial charge in [0.25, 0.3) is 5.56 Å². The van der Waals surface area contributed by atoms with Crippen LogP contribution in [0.15, 0.2) is 33.4 Å². The molecule has 3 unspecified atom stereocenters. The summed E-state index contributed by atoms with van der Waals surface area (Å²) in [6.45, 7) is 1.95. The minimum atomic E-state index is -3.03.